The second kappa shape index (κ2) is 37.6. The van der Waals surface area contributed by atoms with Crippen molar-refractivity contribution in [3.05, 3.63) is 142 Å². The normalized spacial score (nSPS) is 11.2. The van der Waals surface area contributed by atoms with Gasteiger partial charge in [-0.05, 0) is 11.5 Å². The van der Waals surface area contributed by atoms with Crippen molar-refractivity contribution >= 4 is 28.9 Å². The summed E-state index contributed by atoms with van der Waals surface area (Å²) < 4.78 is 29.3. The SMILES string of the molecule is CC(C)C1=CCN=C1.CC(C)c1ccno1.CC(C)c1ncco1.CC(C)c1ncco1.CC(C)c1ncco1.CC(C)c1nccs1.CC(C)c1nccs1.CC(C)c1ncno1.CC(C)c1ncno1. The van der Waals surface area contributed by atoms with Crippen LogP contribution in [0.15, 0.2) is 129 Å². The van der Waals surface area contributed by atoms with E-state index in [0.29, 0.717) is 65.0 Å². The molecular formula is C53H81N11O6S2. The Balaban J connectivity index is 0.000000405. The second-order valence-corrected chi connectivity index (χ2v) is 20.3. The fraction of sp³-hybridized carbons (Fsp3) is 0.528. The number of allylic oxidation sites excluding steroid dienone is 1. The Bertz CT molecular complexity index is 1910. The molecule has 396 valence electrons. The summed E-state index contributed by atoms with van der Waals surface area (Å²) in [6.07, 6.45) is 22.1. The highest BCUT2D eigenvalue weighted by molar-refractivity contribution is 7.09. The van der Waals surface area contributed by atoms with E-state index in [9.17, 15) is 0 Å². The molecule has 17 nitrogen and oxygen atoms in total. The van der Waals surface area contributed by atoms with Gasteiger partial charge in [-0.15, -0.1) is 22.7 Å². The van der Waals surface area contributed by atoms with E-state index in [1.807, 2.05) is 105 Å². The van der Waals surface area contributed by atoms with Crippen LogP contribution in [0, 0.1) is 5.92 Å². The number of nitrogens with zero attached hydrogens (tertiary/aromatic N) is 11. The molecule has 9 heterocycles. The summed E-state index contributed by atoms with van der Waals surface area (Å²) in [5.41, 5.74) is 1.38. The predicted molar refractivity (Wildman–Crippen MR) is 288 cm³/mol. The molecule has 0 amide bonds. The van der Waals surface area contributed by atoms with Crippen molar-refractivity contribution in [2.24, 2.45) is 10.9 Å². The van der Waals surface area contributed by atoms with Gasteiger partial charge in [0.2, 0.25) is 11.8 Å². The zero-order chi connectivity index (χ0) is 53.8. The van der Waals surface area contributed by atoms with E-state index < -0.39 is 0 Å². The monoisotopic (exact) mass is 1030 g/mol. The van der Waals surface area contributed by atoms with E-state index in [4.69, 9.17) is 26.8 Å². The molecule has 0 fully saturated rings. The third-order valence-electron chi connectivity index (χ3n) is 8.84. The molecule has 9 rings (SSSR count). The third-order valence-corrected chi connectivity index (χ3v) is 11.0. The van der Waals surface area contributed by atoms with E-state index in [1.54, 1.807) is 66.3 Å². The molecule has 0 saturated carbocycles. The van der Waals surface area contributed by atoms with Crippen LogP contribution in [-0.4, -0.2) is 63.1 Å². The van der Waals surface area contributed by atoms with E-state index >= 15 is 0 Å². The molecule has 0 bridgehead atoms. The fourth-order valence-electron chi connectivity index (χ4n) is 4.75. The van der Waals surface area contributed by atoms with Crippen molar-refractivity contribution in [2.75, 3.05) is 6.54 Å². The summed E-state index contributed by atoms with van der Waals surface area (Å²) in [6.45, 7) is 38.3. The minimum absolute atomic E-state index is 0.345. The number of oxazole rings is 3. The lowest BCUT2D eigenvalue weighted by molar-refractivity contribution is 0.364. The van der Waals surface area contributed by atoms with E-state index in [-0.39, 0.29) is 0 Å². The van der Waals surface area contributed by atoms with Gasteiger partial charge in [-0.2, -0.15) is 9.97 Å². The van der Waals surface area contributed by atoms with Gasteiger partial charge in [0.25, 0.3) is 0 Å². The standard InChI is InChI=1S/C7H11N.4C6H9NO.2C6H9NS.2C5H8N2O/c1-6(2)7-3-4-8-5-7;3*1-5(2)6-7-3-4-8-6;1-5(2)6-3-4-7-8-6;2*1-5(2)6-7-3-4-8-6;2*1-4(2)5-6-3-7-8-5/h3,5-6H,4H2,1-2H3;6*3-5H,1-2H3;2*3-4H,1-2H3. The zero-order valence-electron chi connectivity index (χ0n) is 45.8. The van der Waals surface area contributed by atoms with Crippen LogP contribution < -0.4 is 0 Å². The molecule has 0 spiro atoms. The quantitative estimate of drug-likeness (QED) is 0.131. The molecule has 1 aliphatic rings. The van der Waals surface area contributed by atoms with Crippen molar-refractivity contribution < 1.29 is 26.8 Å². The molecular weight excluding hydrogens is 951 g/mol. The lowest BCUT2D eigenvalue weighted by atomic mass is 10.1. The molecule has 0 radical (unpaired) electrons. The Morgan fingerprint density at radius 1 is 0.389 bits per heavy atom. The summed E-state index contributed by atoms with van der Waals surface area (Å²) >= 11 is 3.44. The zero-order valence-corrected chi connectivity index (χ0v) is 47.5. The Labute approximate surface area is 435 Å². The second-order valence-electron chi connectivity index (χ2n) is 18.4. The minimum Gasteiger partial charge on any atom is -0.449 e. The highest BCUT2D eigenvalue weighted by atomic mass is 32.1. The molecule has 0 aromatic carbocycles. The Kier molecular flexibility index (Phi) is 33.3. The smallest absolute Gasteiger partial charge is 0.228 e. The number of aromatic nitrogens is 10. The summed E-state index contributed by atoms with van der Waals surface area (Å²) in [4.78, 5) is 31.9. The predicted octanol–water partition coefficient (Wildman–Crippen LogP) is 15.8. The van der Waals surface area contributed by atoms with Gasteiger partial charge < -0.3 is 26.8 Å². The molecule has 8 aromatic rings. The first-order chi connectivity index (χ1) is 34.2. The average molecular weight is 1030 g/mol. The van der Waals surface area contributed by atoms with Crippen LogP contribution in [0.1, 0.15) is 217 Å². The van der Waals surface area contributed by atoms with Crippen LogP contribution >= 0.6 is 22.7 Å². The van der Waals surface area contributed by atoms with Gasteiger partial charge in [-0.25, -0.2) is 24.9 Å². The van der Waals surface area contributed by atoms with Gasteiger partial charge in [0.15, 0.2) is 30.3 Å². The molecule has 0 aliphatic carbocycles. The maximum Gasteiger partial charge on any atom is 0.228 e. The third kappa shape index (κ3) is 29.2. The van der Waals surface area contributed by atoms with Gasteiger partial charge in [0, 0.05) is 82.8 Å². The molecule has 0 N–H and O–H groups in total. The highest BCUT2D eigenvalue weighted by Crippen LogP contribution is 2.17. The van der Waals surface area contributed by atoms with Crippen LogP contribution in [0.2, 0.25) is 0 Å². The molecule has 72 heavy (non-hydrogen) atoms. The fourth-order valence-corrected chi connectivity index (χ4v) is 6.06. The van der Waals surface area contributed by atoms with E-state index in [1.165, 1.54) is 28.2 Å². The maximum atomic E-state index is 4.98. The Morgan fingerprint density at radius 2 is 0.792 bits per heavy atom. The molecule has 0 saturated heterocycles. The largest absolute Gasteiger partial charge is 0.449 e. The van der Waals surface area contributed by atoms with Crippen LogP contribution in [0.4, 0.5) is 0 Å². The van der Waals surface area contributed by atoms with Crippen molar-refractivity contribution in [2.45, 2.75) is 172 Å². The van der Waals surface area contributed by atoms with Crippen molar-refractivity contribution in [3.63, 3.8) is 0 Å². The maximum absolute atomic E-state index is 4.98. The molecule has 19 heteroatoms. The number of aliphatic imine (C=N–C) groups is 1. The first kappa shape index (κ1) is 63.8. The first-order valence-corrected chi connectivity index (χ1v) is 26.1. The number of thiazole rings is 2. The van der Waals surface area contributed by atoms with Gasteiger partial charge >= 0.3 is 0 Å². The van der Waals surface area contributed by atoms with E-state index in [2.05, 4.69) is 117 Å². The summed E-state index contributed by atoms with van der Waals surface area (Å²) in [5, 5.41) is 17.0. The number of hydrogen-bond donors (Lipinski definition) is 0. The molecule has 0 atom stereocenters. The highest BCUT2D eigenvalue weighted by Gasteiger charge is 2.05. The Hall–Kier alpha value is -6.21. The van der Waals surface area contributed by atoms with Gasteiger partial charge in [0.05, 0.1) is 41.3 Å². The van der Waals surface area contributed by atoms with Gasteiger partial charge in [-0.1, -0.05) is 146 Å². The van der Waals surface area contributed by atoms with Crippen LogP contribution in [0.5, 0.6) is 0 Å². The molecule has 1 aliphatic heterocycles. The molecule has 0 unspecified atom stereocenters. The van der Waals surface area contributed by atoms with Gasteiger partial charge in [0.1, 0.15) is 24.5 Å². The lowest BCUT2D eigenvalue weighted by Gasteiger charge is -1.98. The summed E-state index contributed by atoms with van der Waals surface area (Å²) in [7, 11) is 0. The van der Waals surface area contributed by atoms with E-state index in [0.717, 1.165) is 30.0 Å². The molecule has 8 aromatic heterocycles. The van der Waals surface area contributed by atoms with Crippen LogP contribution in [0.3, 0.4) is 0 Å². The lowest BCUT2D eigenvalue weighted by Crippen LogP contribution is -1.90. The first-order valence-electron chi connectivity index (χ1n) is 24.3. The van der Waals surface area contributed by atoms with Crippen molar-refractivity contribution in [3.8, 4) is 0 Å². The van der Waals surface area contributed by atoms with Gasteiger partial charge in [-0.3, -0.25) is 4.99 Å². The Morgan fingerprint density at radius 3 is 0.931 bits per heavy atom. The number of hydrogen-bond acceptors (Lipinski definition) is 19. The van der Waals surface area contributed by atoms with Crippen LogP contribution in [0.25, 0.3) is 0 Å². The topological polar surface area (TPSA) is 220 Å². The van der Waals surface area contributed by atoms with Crippen LogP contribution in [-0.2, 0) is 0 Å². The minimum atomic E-state index is 0.345. The summed E-state index contributed by atoms with van der Waals surface area (Å²) in [5.74, 6) is 8.98. The van der Waals surface area contributed by atoms with Crippen molar-refractivity contribution in [1.29, 1.82) is 0 Å². The van der Waals surface area contributed by atoms with Crippen molar-refractivity contribution in [1.82, 2.24) is 50.4 Å². The average Bonchev–Trinajstić information content (AvgIpc) is 4.22. The summed E-state index contributed by atoms with van der Waals surface area (Å²) in [6, 6.07) is 1.88. The number of rotatable bonds is 9.